The van der Waals surface area contributed by atoms with Crippen molar-refractivity contribution in [2.45, 2.75) is 0 Å². The average Bonchev–Trinajstić information content (AvgIpc) is 2.74. The summed E-state index contributed by atoms with van der Waals surface area (Å²) in [5.41, 5.74) is 0.503. The lowest BCUT2D eigenvalue weighted by Crippen LogP contribution is -2.48. The predicted octanol–water partition coefficient (Wildman–Crippen LogP) is 0.892. The maximum atomic E-state index is 12.4. The molecule has 1 amide bonds. The summed E-state index contributed by atoms with van der Waals surface area (Å²) in [4.78, 5) is 25.5. The van der Waals surface area contributed by atoms with Crippen LogP contribution >= 0.6 is 0 Å². The number of nitrogens with zero attached hydrogens (tertiary/aromatic N) is 4. The van der Waals surface area contributed by atoms with Gasteiger partial charge in [-0.05, 0) is 12.1 Å². The van der Waals surface area contributed by atoms with Crippen molar-refractivity contribution >= 4 is 17.8 Å². The number of hydrogen-bond acceptors (Lipinski definition) is 5. The topological polar surface area (TPSA) is 76.0 Å². The number of rotatable bonds is 3. The number of amides is 1. The van der Waals surface area contributed by atoms with Gasteiger partial charge < -0.3 is 19.1 Å². The third-order valence-corrected chi connectivity index (χ3v) is 4.47. The van der Waals surface area contributed by atoms with Crippen molar-refractivity contribution in [3.8, 4) is 0 Å². The number of carbonyl (C=O) groups excluding carboxylic acids is 1. The summed E-state index contributed by atoms with van der Waals surface area (Å²) in [5, 5.41) is 0. The summed E-state index contributed by atoms with van der Waals surface area (Å²) in [6, 6.07) is 8.97. The molecule has 0 radical (unpaired) electrons. The molecule has 2 saturated heterocycles. The molecule has 2 aliphatic rings. The Hall–Kier alpha value is -2.29. The van der Waals surface area contributed by atoms with Crippen LogP contribution in [0.25, 0.3) is 0 Å². The maximum Gasteiger partial charge on any atom is 0.321 e. The fraction of sp³-hybridized carbons (Fsp3) is 0.526. The largest absolute Gasteiger partial charge is 0.467 e. The van der Waals surface area contributed by atoms with Gasteiger partial charge in [0.1, 0.15) is 5.84 Å². The molecule has 2 heterocycles. The third kappa shape index (κ3) is 5.85. The van der Waals surface area contributed by atoms with Crippen LogP contribution < -0.4 is 0 Å². The van der Waals surface area contributed by atoms with Crippen LogP contribution in [0.3, 0.4) is 0 Å². The van der Waals surface area contributed by atoms with Gasteiger partial charge in [0.25, 0.3) is 5.91 Å². The van der Waals surface area contributed by atoms with E-state index in [-0.39, 0.29) is 11.9 Å². The number of methoxy groups -OCH3 is 1. The fourth-order valence-electron chi connectivity index (χ4n) is 2.95. The van der Waals surface area contributed by atoms with Gasteiger partial charge in [-0.25, -0.2) is 0 Å². The maximum absolute atomic E-state index is 12.4. The molecule has 0 saturated carbocycles. The van der Waals surface area contributed by atoms with Gasteiger partial charge >= 0.3 is 6.02 Å². The molecule has 8 nitrogen and oxygen atoms in total. The van der Waals surface area contributed by atoms with Crippen LogP contribution in [0.1, 0.15) is 10.4 Å². The minimum atomic E-state index is -0.371. The molecular weight excluding hydrogens is 348 g/mol. The molecule has 1 aromatic carbocycles. The summed E-state index contributed by atoms with van der Waals surface area (Å²) in [6.07, 6.45) is 0. The second-order valence-electron chi connectivity index (χ2n) is 6.29. The smallest absolute Gasteiger partial charge is 0.321 e. The molecule has 8 heteroatoms. The summed E-state index contributed by atoms with van der Waals surface area (Å²) in [6.45, 7) is 6.62. The van der Waals surface area contributed by atoms with Crippen LogP contribution in [0.5, 0.6) is 0 Å². The number of benzene rings is 1. The van der Waals surface area contributed by atoms with E-state index in [0.29, 0.717) is 38.5 Å². The van der Waals surface area contributed by atoms with E-state index in [1.807, 2.05) is 6.07 Å². The highest BCUT2D eigenvalue weighted by Gasteiger charge is 2.21. The first kappa shape index (κ1) is 19.5. The second-order valence-corrected chi connectivity index (χ2v) is 6.29. The van der Waals surface area contributed by atoms with E-state index >= 15 is 0 Å². The van der Waals surface area contributed by atoms with E-state index in [9.17, 15) is 4.79 Å². The van der Waals surface area contributed by atoms with Crippen LogP contribution in [0.15, 0.2) is 40.3 Å². The van der Waals surface area contributed by atoms with Crippen molar-refractivity contribution in [3.05, 3.63) is 35.9 Å². The third-order valence-electron chi connectivity index (χ3n) is 4.47. The molecule has 27 heavy (non-hydrogen) atoms. The highest BCUT2D eigenvalue weighted by molar-refractivity contribution is 6.04. The van der Waals surface area contributed by atoms with Gasteiger partial charge in [-0.2, -0.15) is 9.98 Å². The monoisotopic (exact) mass is 374 g/mol. The lowest BCUT2D eigenvalue weighted by Gasteiger charge is -2.34. The zero-order valence-corrected chi connectivity index (χ0v) is 15.7. The lowest BCUT2D eigenvalue weighted by atomic mass is 10.2. The Morgan fingerprint density at radius 1 is 1.00 bits per heavy atom. The van der Waals surface area contributed by atoms with E-state index in [1.54, 1.807) is 24.3 Å². The number of carbonyl (C=O) groups is 1. The molecule has 0 atom stereocenters. The molecule has 0 bridgehead atoms. The first-order chi connectivity index (χ1) is 13.3. The highest BCUT2D eigenvalue weighted by atomic mass is 16.5. The molecule has 0 spiro atoms. The molecule has 0 N–H and O–H groups in total. The molecule has 0 aliphatic carbocycles. The number of aliphatic imine (C=N–C) groups is 2. The van der Waals surface area contributed by atoms with Crippen molar-refractivity contribution in [2.75, 3.05) is 66.3 Å². The van der Waals surface area contributed by atoms with E-state index in [1.165, 1.54) is 7.11 Å². The molecule has 2 aliphatic heterocycles. The van der Waals surface area contributed by atoms with Gasteiger partial charge in [-0.3, -0.25) is 9.69 Å². The van der Waals surface area contributed by atoms with Gasteiger partial charge in [-0.1, -0.05) is 18.2 Å². The molecule has 1 aromatic rings. The average molecular weight is 374 g/mol. The summed E-state index contributed by atoms with van der Waals surface area (Å²) in [5.74, 6) is 0.463. The van der Waals surface area contributed by atoms with E-state index < -0.39 is 0 Å². The van der Waals surface area contributed by atoms with E-state index in [2.05, 4.69) is 19.8 Å². The molecule has 146 valence electrons. The zero-order valence-electron chi connectivity index (χ0n) is 15.7. The van der Waals surface area contributed by atoms with Gasteiger partial charge in [0, 0.05) is 31.7 Å². The Morgan fingerprint density at radius 2 is 1.63 bits per heavy atom. The first-order valence-corrected chi connectivity index (χ1v) is 9.18. The quantitative estimate of drug-likeness (QED) is 0.578. The minimum absolute atomic E-state index is 0.0682. The minimum Gasteiger partial charge on any atom is -0.467 e. The van der Waals surface area contributed by atoms with E-state index in [0.717, 1.165) is 32.0 Å². The first-order valence-electron chi connectivity index (χ1n) is 9.18. The normalized spacial score (nSPS) is 19.8. The summed E-state index contributed by atoms with van der Waals surface area (Å²) >= 11 is 0. The summed E-state index contributed by atoms with van der Waals surface area (Å²) < 4.78 is 16.2. The molecule has 0 unspecified atom stereocenters. The molecular formula is C19H26N4O4. The molecule has 2 fully saturated rings. The number of ether oxygens (including phenoxy) is 3. The summed E-state index contributed by atoms with van der Waals surface area (Å²) in [7, 11) is 1.48. The van der Waals surface area contributed by atoms with E-state index in [4.69, 9.17) is 14.2 Å². The van der Waals surface area contributed by atoms with Crippen molar-refractivity contribution in [1.29, 1.82) is 0 Å². The van der Waals surface area contributed by atoms with Crippen LogP contribution in [0.2, 0.25) is 0 Å². The standard InChI is InChI=1S/C19H26N4O4/c1-25-19(21-18(24)16-5-3-2-4-6-16)20-17(23-9-13-27-14-10-23)15-22-7-11-26-12-8-22/h2-6H,7-15H2,1H3/b20-17+,21-19?. The zero-order chi connectivity index (χ0) is 18.9. The van der Waals surface area contributed by atoms with Gasteiger partial charge in [-0.15, -0.1) is 0 Å². The number of hydrogen-bond donors (Lipinski definition) is 0. The van der Waals surface area contributed by atoms with Crippen molar-refractivity contribution in [1.82, 2.24) is 9.80 Å². The fourth-order valence-corrected chi connectivity index (χ4v) is 2.95. The van der Waals surface area contributed by atoms with Crippen LogP contribution in [0, 0.1) is 0 Å². The Labute approximate surface area is 159 Å². The highest BCUT2D eigenvalue weighted by Crippen LogP contribution is 2.06. The SMILES string of the molecule is COC(=NC(=O)c1ccccc1)/N=C(\CN1CCOCC1)N1CCOCC1. The number of amidine groups is 2. The molecule has 0 aromatic heterocycles. The Balaban J connectivity index is 1.79. The van der Waals surface area contributed by atoms with Crippen LogP contribution in [-0.4, -0.2) is 93.8 Å². The van der Waals surface area contributed by atoms with Crippen molar-refractivity contribution < 1.29 is 19.0 Å². The lowest BCUT2D eigenvalue weighted by molar-refractivity contribution is 0.0403. The molecule has 3 rings (SSSR count). The van der Waals surface area contributed by atoms with Gasteiger partial charge in [0.15, 0.2) is 0 Å². The van der Waals surface area contributed by atoms with Crippen LogP contribution in [0.4, 0.5) is 0 Å². The second kappa shape index (κ2) is 10.1. The van der Waals surface area contributed by atoms with Crippen molar-refractivity contribution in [2.24, 2.45) is 9.98 Å². The van der Waals surface area contributed by atoms with Gasteiger partial charge in [0.05, 0.1) is 40.1 Å². The number of morpholine rings is 2. The Bertz CT molecular complexity index is 666. The van der Waals surface area contributed by atoms with Gasteiger partial charge in [0.2, 0.25) is 0 Å². The van der Waals surface area contributed by atoms with Crippen LogP contribution in [-0.2, 0) is 14.2 Å². The Kier molecular flexibility index (Phi) is 7.32. The Morgan fingerprint density at radius 3 is 2.26 bits per heavy atom. The predicted molar refractivity (Wildman–Crippen MR) is 102 cm³/mol. The van der Waals surface area contributed by atoms with Crippen molar-refractivity contribution in [3.63, 3.8) is 0 Å².